The zero-order valence-electron chi connectivity index (χ0n) is 7.95. The minimum Gasteiger partial charge on any atom is -0.497 e. The Morgan fingerprint density at radius 2 is 1.71 bits per heavy atom. The number of rotatable bonds is 3. The van der Waals surface area contributed by atoms with E-state index >= 15 is 0 Å². The predicted octanol–water partition coefficient (Wildman–Crippen LogP) is 2.51. The molecule has 74 valence electrons. The van der Waals surface area contributed by atoms with Crippen molar-refractivity contribution < 1.29 is 9.47 Å². The topological polar surface area (TPSA) is 42.2 Å². The molecule has 0 spiro atoms. The maximum Gasteiger partial charge on any atom is 0.145 e. The van der Waals surface area contributed by atoms with Crippen LogP contribution >= 0.6 is 11.6 Å². The molecule has 0 amide bonds. The average molecular weight is 212 g/mol. The van der Waals surface area contributed by atoms with Gasteiger partial charge in [0.2, 0.25) is 0 Å². The monoisotopic (exact) mass is 211 g/mol. The van der Waals surface area contributed by atoms with Crippen LogP contribution in [0.5, 0.6) is 11.5 Å². The van der Waals surface area contributed by atoms with E-state index in [4.69, 9.17) is 26.3 Å². The van der Waals surface area contributed by atoms with Gasteiger partial charge in [-0.25, -0.2) is 0 Å². The molecule has 0 saturated carbocycles. The van der Waals surface area contributed by atoms with Gasteiger partial charge in [-0.2, -0.15) is 5.26 Å². The lowest BCUT2D eigenvalue weighted by molar-refractivity contribution is 0.393. The van der Waals surface area contributed by atoms with Crippen molar-refractivity contribution in [2.75, 3.05) is 14.2 Å². The van der Waals surface area contributed by atoms with Gasteiger partial charge in [-0.3, -0.25) is 0 Å². The molecule has 0 aromatic heterocycles. The molecule has 0 bridgehead atoms. The smallest absolute Gasteiger partial charge is 0.145 e. The van der Waals surface area contributed by atoms with E-state index < -0.39 is 5.38 Å². The number of hydrogen-bond donors (Lipinski definition) is 0. The Bertz CT molecular complexity index is 337. The summed E-state index contributed by atoms with van der Waals surface area (Å²) in [6.07, 6.45) is 0. The van der Waals surface area contributed by atoms with Crippen molar-refractivity contribution in [3.63, 3.8) is 0 Å². The van der Waals surface area contributed by atoms with Crippen LogP contribution in [0, 0.1) is 11.3 Å². The summed E-state index contributed by atoms with van der Waals surface area (Å²) in [7, 11) is 3.10. The molecule has 0 aliphatic heterocycles. The lowest BCUT2D eigenvalue weighted by Gasteiger charge is -2.08. The average Bonchev–Trinajstić information content (AvgIpc) is 2.27. The van der Waals surface area contributed by atoms with Crippen LogP contribution in [0.15, 0.2) is 18.2 Å². The minimum absolute atomic E-state index is 0.625. The zero-order valence-corrected chi connectivity index (χ0v) is 8.71. The first-order valence-corrected chi connectivity index (χ1v) is 4.41. The standard InChI is InChI=1S/C10H10ClNO2/c1-13-8-3-7(10(11)6-12)4-9(5-8)14-2/h3-5,10H,1-2H3/t10-/m1/s1. The Morgan fingerprint density at radius 1 is 1.21 bits per heavy atom. The number of methoxy groups -OCH3 is 2. The molecule has 14 heavy (non-hydrogen) atoms. The van der Waals surface area contributed by atoms with Gasteiger partial charge < -0.3 is 9.47 Å². The summed E-state index contributed by atoms with van der Waals surface area (Å²) in [6, 6.07) is 7.09. The zero-order chi connectivity index (χ0) is 10.6. The summed E-state index contributed by atoms with van der Waals surface area (Å²) < 4.78 is 10.1. The fourth-order valence-corrected chi connectivity index (χ4v) is 1.18. The van der Waals surface area contributed by atoms with Crippen LogP contribution in [0.3, 0.4) is 0 Å². The second-order valence-electron chi connectivity index (χ2n) is 2.64. The van der Waals surface area contributed by atoms with Crippen molar-refractivity contribution in [3.05, 3.63) is 23.8 Å². The normalized spacial score (nSPS) is 11.6. The fourth-order valence-electron chi connectivity index (χ4n) is 1.05. The van der Waals surface area contributed by atoms with Gasteiger partial charge in [0.25, 0.3) is 0 Å². The van der Waals surface area contributed by atoms with Crippen LogP contribution in [0.25, 0.3) is 0 Å². The maximum atomic E-state index is 8.65. The van der Waals surface area contributed by atoms with Gasteiger partial charge in [-0.15, -0.1) is 11.6 Å². The van der Waals surface area contributed by atoms with E-state index in [1.165, 1.54) is 0 Å². The van der Waals surface area contributed by atoms with Crippen LogP contribution in [0.2, 0.25) is 0 Å². The van der Waals surface area contributed by atoms with E-state index in [2.05, 4.69) is 0 Å². The summed E-state index contributed by atoms with van der Waals surface area (Å²) >= 11 is 5.78. The van der Waals surface area contributed by atoms with Gasteiger partial charge >= 0.3 is 0 Å². The number of alkyl halides is 1. The summed E-state index contributed by atoms with van der Waals surface area (Å²) in [6.45, 7) is 0. The molecule has 0 unspecified atom stereocenters. The van der Waals surface area contributed by atoms with Crippen molar-refractivity contribution in [2.24, 2.45) is 0 Å². The Kier molecular flexibility index (Phi) is 3.61. The van der Waals surface area contributed by atoms with E-state index in [9.17, 15) is 0 Å². The van der Waals surface area contributed by atoms with Crippen molar-refractivity contribution in [1.82, 2.24) is 0 Å². The van der Waals surface area contributed by atoms with E-state index in [0.29, 0.717) is 17.1 Å². The van der Waals surface area contributed by atoms with Crippen molar-refractivity contribution in [3.8, 4) is 17.6 Å². The molecule has 4 heteroatoms. The first-order chi connectivity index (χ1) is 6.71. The second-order valence-corrected chi connectivity index (χ2v) is 3.07. The van der Waals surface area contributed by atoms with Gasteiger partial charge in [0.15, 0.2) is 0 Å². The first-order valence-electron chi connectivity index (χ1n) is 3.98. The van der Waals surface area contributed by atoms with Gasteiger partial charge in [0, 0.05) is 6.07 Å². The molecule has 1 aromatic rings. The fraction of sp³-hybridized carbons (Fsp3) is 0.300. The third-order valence-electron chi connectivity index (χ3n) is 1.78. The number of hydrogen-bond acceptors (Lipinski definition) is 3. The molecule has 0 radical (unpaired) electrons. The Labute approximate surface area is 87.8 Å². The first kappa shape index (κ1) is 10.7. The largest absolute Gasteiger partial charge is 0.497 e. The van der Waals surface area contributed by atoms with Gasteiger partial charge in [0.1, 0.15) is 16.9 Å². The second kappa shape index (κ2) is 4.73. The van der Waals surface area contributed by atoms with Crippen LogP contribution in [-0.2, 0) is 0 Å². The molecule has 1 atom stereocenters. The number of halogens is 1. The predicted molar refractivity (Wildman–Crippen MR) is 53.8 cm³/mol. The summed E-state index contributed by atoms with van der Waals surface area (Å²) in [5.41, 5.74) is 0.672. The van der Waals surface area contributed by atoms with Gasteiger partial charge in [-0.1, -0.05) is 0 Å². The summed E-state index contributed by atoms with van der Waals surface area (Å²) in [5, 5.41) is 7.97. The molecule has 0 saturated heterocycles. The highest BCUT2D eigenvalue weighted by atomic mass is 35.5. The lowest BCUT2D eigenvalue weighted by Crippen LogP contribution is -1.92. The van der Waals surface area contributed by atoms with E-state index in [1.807, 2.05) is 6.07 Å². The molecule has 0 aliphatic carbocycles. The number of nitrogens with zero attached hydrogens (tertiary/aromatic N) is 1. The highest BCUT2D eigenvalue weighted by Gasteiger charge is 2.09. The minimum atomic E-state index is -0.681. The number of nitriles is 1. The highest BCUT2D eigenvalue weighted by Crippen LogP contribution is 2.28. The van der Waals surface area contributed by atoms with E-state index in [-0.39, 0.29) is 0 Å². The molecule has 0 fully saturated rings. The number of ether oxygens (including phenoxy) is 2. The lowest BCUT2D eigenvalue weighted by atomic mass is 10.1. The van der Waals surface area contributed by atoms with Crippen LogP contribution in [-0.4, -0.2) is 14.2 Å². The highest BCUT2D eigenvalue weighted by molar-refractivity contribution is 6.22. The Hall–Kier alpha value is -1.40. The van der Waals surface area contributed by atoms with Crippen LogP contribution in [0.1, 0.15) is 10.9 Å². The SMILES string of the molecule is COc1cc(OC)cc([C@H](Cl)C#N)c1. The van der Waals surface area contributed by atoms with E-state index in [0.717, 1.165) is 0 Å². The molecule has 1 rings (SSSR count). The third-order valence-corrected chi connectivity index (χ3v) is 2.13. The van der Waals surface area contributed by atoms with Crippen LogP contribution in [0.4, 0.5) is 0 Å². The van der Waals surface area contributed by atoms with Crippen LogP contribution < -0.4 is 9.47 Å². The van der Waals surface area contributed by atoms with Crippen molar-refractivity contribution >= 4 is 11.6 Å². The molecule has 0 heterocycles. The molecular weight excluding hydrogens is 202 g/mol. The Balaban J connectivity index is 3.12. The molecule has 0 N–H and O–H groups in total. The third kappa shape index (κ3) is 2.30. The van der Waals surface area contributed by atoms with Crippen molar-refractivity contribution in [2.45, 2.75) is 5.38 Å². The van der Waals surface area contributed by atoms with E-state index in [1.54, 1.807) is 32.4 Å². The van der Waals surface area contributed by atoms with Gasteiger partial charge in [-0.05, 0) is 17.7 Å². The molecule has 1 aromatic carbocycles. The summed E-state index contributed by atoms with van der Waals surface area (Å²) in [5.74, 6) is 1.25. The molecule has 0 aliphatic rings. The van der Waals surface area contributed by atoms with Crippen molar-refractivity contribution in [1.29, 1.82) is 5.26 Å². The van der Waals surface area contributed by atoms with Gasteiger partial charge in [0.05, 0.1) is 20.3 Å². The quantitative estimate of drug-likeness (QED) is 0.722. The maximum absolute atomic E-state index is 8.65. The molecular formula is C10H10ClNO2. The Morgan fingerprint density at radius 3 is 2.07 bits per heavy atom. The number of benzene rings is 1. The summed E-state index contributed by atoms with van der Waals surface area (Å²) in [4.78, 5) is 0. The molecule has 3 nitrogen and oxygen atoms in total.